The molecule has 0 saturated heterocycles. The fraction of sp³-hybridized carbons (Fsp3) is 0.261. The Labute approximate surface area is 194 Å². The van der Waals surface area contributed by atoms with E-state index in [4.69, 9.17) is 12.2 Å². The smallest absolute Gasteiger partial charge is 0.264 e. The summed E-state index contributed by atoms with van der Waals surface area (Å²) in [7, 11) is -3.78. The number of sulfonamides is 1. The van der Waals surface area contributed by atoms with Crippen molar-refractivity contribution in [2.75, 3.05) is 10.0 Å². The van der Waals surface area contributed by atoms with Gasteiger partial charge < -0.3 is 10.6 Å². The lowest BCUT2D eigenvalue weighted by Crippen LogP contribution is -2.30. The lowest BCUT2D eigenvalue weighted by atomic mass is 9.96. The highest BCUT2D eigenvalue weighted by molar-refractivity contribution is 7.92. The average molecular weight is 470 g/mol. The Kier molecular flexibility index (Phi) is 7.76. The molecule has 2 atom stereocenters. The van der Waals surface area contributed by atoms with Crippen LogP contribution in [0.3, 0.4) is 0 Å². The third kappa shape index (κ3) is 6.24. The van der Waals surface area contributed by atoms with Gasteiger partial charge in [0.25, 0.3) is 10.0 Å². The molecule has 7 nitrogen and oxygen atoms in total. The van der Waals surface area contributed by atoms with Crippen molar-refractivity contribution in [2.45, 2.75) is 44.0 Å². The van der Waals surface area contributed by atoms with E-state index in [9.17, 15) is 8.42 Å². The van der Waals surface area contributed by atoms with Gasteiger partial charge >= 0.3 is 0 Å². The zero-order valence-electron chi connectivity index (χ0n) is 18.2. The van der Waals surface area contributed by atoms with Crippen molar-refractivity contribution in [3.05, 3.63) is 78.1 Å². The minimum atomic E-state index is -3.78. The number of thiocarbonyl (C=S) groups is 1. The zero-order chi connectivity index (χ0) is 23.1. The van der Waals surface area contributed by atoms with E-state index in [0.717, 1.165) is 12.0 Å². The quantitative estimate of drug-likeness (QED) is 0.406. The van der Waals surface area contributed by atoms with Crippen LogP contribution in [0.1, 0.15) is 50.3 Å². The first-order chi connectivity index (χ1) is 15.3. The molecule has 0 saturated carbocycles. The van der Waals surface area contributed by atoms with Gasteiger partial charge in [0.1, 0.15) is 0 Å². The van der Waals surface area contributed by atoms with E-state index in [0.29, 0.717) is 16.7 Å². The van der Waals surface area contributed by atoms with Crippen LogP contribution in [-0.4, -0.2) is 23.5 Å². The molecule has 0 bridgehead atoms. The Morgan fingerprint density at radius 1 is 0.969 bits per heavy atom. The summed E-state index contributed by atoms with van der Waals surface area (Å²) >= 11 is 5.42. The van der Waals surface area contributed by atoms with Gasteiger partial charge in [-0.1, -0.05) is 38.1 Å². The maximum absolute atomic E-state index is 12.5. The standard InChI is InChI=1S/C23H27N5O2S2/c1-4-16(2)18-6-8-19(9-7-18)17(3)26-23(31)27-20-10-12-21(13-11-20)32(29,30)28-22-24-14-5-15-25-22/h5-17H,4H2,1-3H3,(H,24,25,28)(H2,26,27,31). The van der Waals surface area contributed by atoms with Crippen molar-refractivity contribution < 1.29 is 8.42 Å². The molecule has 0 spiro atoms. The molecule has 0 aliphatic heterocycles. The summed E-state index contributed by atoms with van der Waals surface area (Å²) in [5.41, 5.74) is 3.14. The third-order valence-electron chi connectivity index (χ3n) is 5.18. The molecule has 3 aromatic rings. The maximum atomic E-state index is 12.5. The summed E-state index contributed by atoms with van der Waals surface area (Å²) in [6.45, 7) is 6.44. The lowest BCUT2D eigenvalue weighted by molar-refractivity contribution is 0.601. The molecule has 0 radical (unpaired) electrons. The fourth-order valence-electron chi connectivity index (χ4n) is 3.04. The van der Waals surface area contributed by atoms with Crippen LogP contribution in [0.2, 0.25) is 0 Å². The van der Waals surface area contributed by atoms with Crippen LogP contribution in [0.25, 0.3) is 0 Å². The van der Waals surface area contributed by atoms with Gasteiger partial charge in [-0.2, -0.15) is 0 Å². The second-order valence-corrected chi connectivity index (χ2v) is 9.59. The minimum Gasteiger partial charge on any atom is -0.356 e. The summed E-state index contributed by atoms with van der Waals surface area (Å²) in [6.07, 6.45) is 4.04. The number of nitrogens with one attached hydrogen (secondary N) is 3. The van der Waals surface area contributed by atoms with Crippen LogP contribution >= 0.6 is 12.2 Å². The maximum Gasteiger partial charge on any atom is 0.264 e. The SMILES string of the molecule is CCC(C)c1ccc(C(C)NC(=S)Nc2ccc(S(=O)(=O)Nc3ncccn3)cc2)cc1. The first-order valence-electron chi connectivity index (χ1n) is 10.4. The molecule has 9 heteroatoms. The van der Waals surface area contributed by atoms with Gasteiger partial charge in [0.15, 0.2) is 5.11 Å². The topological polar surface area (TPSA) is 96.0 Å². The molecule has 3 rings (SSSR count). The number of aromatic nitrogens is 2. The Morgan fingerprint density at radius 3 is 2.16 bits per heavy atom. The Hall–Kier alpha value is -3.04. The van der Waals surface area contributed by atoms with Gasteiger partial charge in [0.05, 0.1) is 10.9 Å². The van der Waals surface area contributed by atoms with Crippen LogP contribution < -0.4 is 15.4 Å². The number of nitrogens with zero attached hydrogens (tertiary/aromatic N) is 2. The molecule has 32 heavy (non-hydrogen) atoms. The number of benzene rings is 2. The van der Waals surface area contributed by atoms with Gasteiger partial charge in [0, 0.05) is 18.1 Å². The molecule has 2 aromatic carbocycles. The molecule has 3 N–H and O–H groups in total. The van der Waals surface area contributed by atoms with E-state index in [2.05, 4.69) is 63.4 Å². The Morgan fingerprint density at radius 2 is 1.56 bits per heavy atom. The molecule has 0 amide bonds. The number of anilines is 2. The highest BCUT2D eigenvalue weighted by Crippen LogP contribution is 2.21. The monoisotopic (exact) mass is 469 g/mol. The van der Waals surface area contributed by atoms with Gasteiger partial charge in [-0.25, -0.2) is 23.1 Å². The van der Waals surface area contributed by atoms with E-state index in [1.54, 1.807) is 18.2 Å². The van der Waals surface area contributed by atoms with Gasteiger partial charge in [-0.15, -0.1) is 0 Å². The van der Waals surface area contributed by atoms with Crippen molar-refractivity contribution >= 4 is 39.0 Å². The highest BCUT2D eigenvalue weighted by atomic mass is 32.2. The van der Waals surface area contributed by atoms with Crippen LogP contribution in [-0.2, 0) is 10.0 Å². The van der Waals surface area contributed by atoms with Crippen LogP contribution in [0.5, 0.6) is 0 Å². The second kappa shape index (κ2) is 10.5. The van der Waals surface area contributed by atoms with E-state index in [1.807, 2.05) is 6.92 Å². The third-order valence-corrected chi connectivity index (χ3v) is 6.74. The zero-order valence-corrected chi connectivity index (χ0v) is 19.9. The number of hydrogen-bond acceptors (Lipinski definition) is 5. The molecular formula is C23H27N5O2S2. The Bertz CT molecular complexity index is 1140. The van der Waals surface area contributed by atoms with Crippen LogP contribution in [0.15, 0.2) is 71.9 Å². The summed E-state index contributed by atoms with van der Waals surface area (Å²) in [5, 5.41) is 6.80. The van der Waals surface area contributed by atoms with Crippen LogP contribution in [0, 0.1) is 0 Å². The largest absolute Gasteiger partial charge is 0.356 e. The predicted molar refractivity (Wildman–Crippen MR) is 132 cm³/mol. The first-order valence-corrected chi connectivity index (χ1v) is 12.2. The van der Waals surface area contributed by atoms with Crippen molar-refractivity contribution in [3.63, 3.8) is 0 Å². The van der Waals surface area contributed by atoms with Crippen molar-refractivity contribution in [1.29, 1.82) is 0 Å². The number of rotatable bonds is 8. The van der Waals surface area contributed by atoms with Crippen molar-refractivity contribution in [2.24, 2.45) is 0 Å². The van der Waals surface area contributed by atoms with E-state index >= 15 is 0 Å². The summed E-state index contributed by atoms with van der Waals surface area (Å²) in [4.78, 5) is 7.86. The summed E-state index contributed by atoms with van der Waals surface area (Å²) in [5.74, 6) is 0.559. The summed E-state index contributed by atoms with van der Waals surface area (Å²) in [6, 6.07) is 16.5. The molecule has 2 unspecified atom stereocenters. The first kappa shape index (κ1) is 23.6. The molecule has 0 fully saturated rings. The van der Waals surface area contributed by atoms with E-state index < -0.39 is 10.0 Å². The van der Waals surface area contributed by atoms with Crippen LogP contribution in [0.4, 0.5) is 11.6 Å². The Balaban J connectivity index is 1.58. The molecule has 0 aliphatic rings. The van der Waals surface area contributed by atoms with E-state index in [-0.39, 0.29) is 16.9 Å². The number of hydrogen-bond donors (Lipinski definition) is 3. The second-order valence-electron chi connectivity index (χ2n) is 7.50. The minimum absolute atomic E-state index is 0.0197. The predicted octanol–water partition coefficient (Wildman–Crippen LogP) is 4.84. The molecule has 1 heterocycles. The van der Waals surface area contributed by atoms with Gasteiger partial charge in [0.2, 0.25) is 5.95 Å². The molecule has 0 aliphatic carbocycles. The lowest BCUT2D eigenvalue weighted by Gasteiger charge is -2.18. The highest BCUT2D eigenvalue weighted by Gasteiger charge is 2.15. The van der Waals surface area contributed by atoms with E-state index in [1.165, 1.54) is 30.1 Å². The van der Waals surface area contributed by atoms with Gasteiger partial charge in [-0.05, 0) is 72.9 Å². The van der Waals surface area contributed by atoms with Crippen molar-refractivity contribution in [3.8, 4) is 0 Å². The fourth-order valence-corrected chi connectivity index (χ4v) is 4.30. The molecule has 168 valence electrons. The average Bonchev–Trinajstić information content (AvgIpc) is 2.79. The molecular weight excluding hydrogens is 442 g/mol. The summed E-state index contributed by atoms with van der Waals surface area (Å²) < 4.78 is 27.3. The molecule has 1 aromatic heterocycles. The normalized spacial score (nSPS) is 13.1. The van der Waals surface area contributed by atoms with Crippen molar-refractivity contribution in [1.82, 2.24) is 15.3 Å². The van der Waals surface area contributed by atoms with Gasteiger partial charge in [-0.3, -0.25) is 0 Å².